The van der Waals surface area contributed by atoms with Crippen molar-refractivity contribution >= 4 is 18.2 Å². The number of H-pyrrole nitrogens is 1. The summed E-state index contributed by atoms with van der Waals surface area (Å²) >= 11 is 5.41. The van der Waals surface area contributed by atoms with Crippen LogP contribution in [0.4, 0.5) is 5.95 Å². The second kappa shape index (κ2) is 5.17. The minimum Gasteiger partial charge on any atom is -0.342 e. The van der Waals surface area contributed by atoms with Crippen molar-refractivity contribution in [2.24, 2.45) is 0 Å². The number of aryl methyl sites for hydroxylation is 1. The van der Waals surface area contributed by atoms with Crippen LogP contribution in [0.3, 0.4) is 0 Å². The summed E-state index contributed by atoms with van der Waals surface area (Å²) in [6.45, 7) is 8.61. The van der Waals surface area contributed by atoms with Crippen LogP contribution in [0.15, 0.2) is 0 Å². The van der Waals surface area contributed by atoms with Crippen LogP contribution in [0.25, 0.3) is 0 Å². The zero-order valence-electron chi connectivity index (χ0n) is 10.9. The molecule has 0 aliphatic carbocycles. The SMILES string of the molecule is Cc1[nH]c(N2CCCCC2)nc(=S)c1C(C)C. The third-order valence-corrected chi connectivity index (χ3v) is 3.69. The van der Waals surface area contributed by atoms with Crippen molar-refractivity contribution in [3.05, 3.63) is 15.9 Å². The summed E-state index contributed by atoms with van der Waals surface area (Å²) in [5.41, 5.74) is 2.35. The zero-order valence-corrected chi connectivity index (χ0v) is 11.7. The number of rotatable bonds is 2. The Hall–Kier alpha value is -0.900. The van der Waals surface area contributed by atoms with E-state index in [0.717, 1.165) is 23.7 Å². The number of aromatic nitrogens is 2. The second-order valence-electron chi connectivity index (χ2n) is 5.11. The second-order valence-corrected chi connectivity index (χ2v) is 5.49. The largest absolute Gasteiger partial charge is 0.342 e. The fourth-order valence-corrected chi connectivity index (χ4v) is 2.99. The van der Waals surface area contributed by atoms with Gasteiger partial charge in [-0.2, -0.15) is 0 Å². The lowest BCUT2D eigenvalue weighted by Gasteiger charge is -2.28. The Labute approximate surface area is 108 Å². The average Bonchev–Trinajstić information content (AvgIpc) is 2.28. The van der Waals surface area contributed by atoms with Crippen molar-refractivity contribution in [3.63, 3.8) is 0 Å². The summed E-state index contributed by atoms with van der Waals surface area (Å²) in [5, 5.41) is 0. The maximum Gasteiger partial charge on any atom is 0.204 e. The molecule has 1 fully saturated rings. The summed E-state index contributed by atoms with van der Waals surface area (Å²) in [6.07, 6.45) is 3.85. The number of hydrogen-bond donors (Lipinski definition) is 1. The molecule has 0 atom stereocenters. The van der Waals surface area contributed by atoms with E-state index in [-0.39, 0.29) is 0 Å². The maximum atomic E-state index is 5.41. The molecule has 0 unspecified atom stereocenters. The van der Waals surface area contributed by atoms with Gasteiger partial charge in [0.15, 0.2) is 0 Å². The van der Waals surface area contributed by atoms with E-state index in [2.05, 4.69) is 35.6 Å². The highest BCUT2D eigenvalue weighted by Gasteiger charge is 2.15. The highest BCUT2D eigenvalue weighted by Crippen LogP contribution is 2.22. The third-order valence-electron chi connectivity index (χ3n) is 3.37. The topological polar surface area (TPSA) is 31.9 Å². The predicted molar refractivity (Wildman–Crippen MR) is 74.3 cm³/mol. The van der Waals surface area contributed by atoms with Crippen LogP contribution in [0.2, 0.25) is 0 Å². The summed E-state index contributed by atoms with van der Waals surface area (Å²) in [4.78, 5) is 10.3. The van der Waals surface area contributed by atoms with Crippen LogP contribution in [0, 0.1) is 11.6 Å². The molecular formula is C13H21N3S. The predicted octanol–water partition coefficient (Wildman–Crippen LogP) is 3.56. The molecule has 0 aromatic carbocycles. The van der Waals surface area contributed by atoms with Crippen LogP contribution in [-0.2, 0) is 0 Å². The molecule has 3 nitrogen and oxygen atoms in total. The van der Waals surface area contributed by atoms with Gasteiger partial charge in [0.2, 0.25) is 5.95 Å². The first-order valence-electron chi connectivity index (χ1n) is 6.45. The molecule has 1 aromatic heterocycles. The van der Waals surface area contributed by atoms with E-state index in [0.29, 0.717) is 5.92 Å². The molecule has 0 saturated carbocycles. The van der Waals surface area contributed by atoms with Crippen LogP contribution in [-0.4, -0.2) is 23.1 Å². The van der Waals surface area contributed by atoms with E-state index in [1.54, 1.807) is 0 Å². The van der Waals surface area contributed by atoms with Gasteiger partial charge in [-0.1, -0.05) is 26.1 Å². The van der Waals surface area contributed by atoms with Gasteiger partial charge in [-0.15, -0.1) is 0 Å². The Morgan fingerprint density at radius 2 is 1.88 bits per heavy atom. The van der Waals surface area contributed by atoms with Gasteiger partial charge >= 0.3 is 0 Å². The average molecular weight is 251 g/mol. The Bertz CT molecular complexity index is 444. The minimum absolute atomic E-state index is 0.432. The fraction of sp³-hybridized carbons (Fsp3) is 0.692. The van der Waals surface area contributed by atoms with Gasteiger partial charge in [-0.25, -0.2) is 4.98 Å². The number of anilines is 1. The molecule has 1 saturated heterocycles. The quantitative estimate of drug-likeness (QED) is 0.816. The molecule has 2 rings (SSSR count). The first-order valence-corrected chi connectivity index (χ1v) is 6.86. The first-order chi connectivity index (χ1) is 8.09. The van der Waals surface area contributed by atoms with Gasteiger partial charge < -0.3 is 9.88 Å². The Morgan fingerprint density at radius 1 is 1.24 bits per heavy atom. The van der Waals surface area contributed by atoms with Crippen molar-refractivity contribution in [3.8, 4) is 0 Å². The standard InChI is InChI=1S/C13H21N3S/c1-9(2)11-10(3)14-13(15-12(11)17)16-7-5-4-6-8-16/h9H,4-8H2,1-3H3,(H,14,15,17). The molecule has 1 aromatic rings. The molecular weight excluding hydrogens is 230 g/mol. The molecule has 1 aliphatic heterocycles. The summed E-state index contributed by atoms with van der Waals surface area (Å²) < 4.78 is 0.761. The lowest BCUT2D eigenvalue weighted by Crippen LogP contribution is -2.31. The number of hydrogen-bond acceptors (Lipinski definition) is 3. The lowest BCUT2D eigenvalue weighted by molar-refractivity contribution is 0.566. The van der Waals surface area contributed by atoms with Gasteiger partial charge in [-0.3, -0.25) is 0 Å². The van der Waals surface area contributed by atoms with E-state index in [4.69, 9.17) is 12.2 Å². The minimum atomic E-state index is 0.432. The number of nitrogens with one attached hydrogen (secondary N) is 1. The number of aromatic amines is 1. The van der Waals surface area contributed by atoms with Gasteiger partial charge in [0.25, 0.3) is 0 Å². The lowest BCUT2D eigenvalue weighted by atomic mass is 10.0. The summed E-state index contributed by atoms with van der Waals surface area (Å²) in [5.74, 6) is 1.39. The van der Waals surface area contributed by atoms with E-state index in [1.807, 2.05) is 0 Å². The molecule has 2 heterocycles. The normalized spacial score (nSPS) is 16.6. The molecule has 1 aliphatic rings. The van der Waals surface area contributed by atoms with Crippen molar-refractivity contribution < 1.29 is 0 Å². The monoisotopic (exact) mass is 251 g/mol. The molecule has 17 heavy (non-hydrogen) atoms. The zero-order chi connectivity index (χ0) is 12.4. The molecule has 1 N–H and O–H groups in total. The van der Waals surface area contributed by atoms with Crippen LogP contribution in [0.1, 0.15) is 50.3 Å². The van der Waals surface area contributed by atoms with Gasteiger partial charge in [0.1, 0.15) is 4.64 Å². The third kappa shape index (κ3) is 2.68. The van der Waals surface area contributed by atoms with Crippen LogP contribution < -0.4 is 4.90 Å². The Kier molecular flexibility index (Phi) is 3.82. The van der Waals surface area contributed by atoms with Crippen molar-refractivity contribution in [2.45, 2.75) is 46.0 Å². The maximum absolute atomic E-state index is 5.41. The van der Waals surface area contributed by atoms with Crippen molar-refractivity contribution in [1.82, 2.24) is 9.97 Å². The Balaban J connectivity index is 2.34. The molecule has 0 amide bonds. The molecule has 4 heteroatoms. The van der Waals surface area contributed by atoms with E-state index in [1.165, 1.54) is 30.5 Å². The fourth-order valence-electron chi connectivity index (χ4n) is 2.52. The molecule has 94 valence electrons. The van der Waals surface area contributed by atoms with Gasteiger partial charge in [-0.05, 0) is 32.1 Å². The van der Waals surface area contributed by atoms with E-state index >= 15 is 0 Å². The summed E-state index contributed by atoms with van der Waals surface area (Å²) in [6, 6.07) is 0. The molecule has 0 radical (unpaired) electrons. The highest BCUT2D eigenvalue weighted by atomic mass is 32.1. The van der Waals surface area contributed by atoms with Crippen molar-refractivity contribution in [2.75, 3.05) is 18.0 Å². The number of piperidine rings is 1. The smallest absolute Gasteiger partial charge is 0.204 e. The summed E-state index contributed by atoms with van der Waals surface area (Å²) in [7, 11) is 0. The van der Waals surface area contributed by atoms with Crippen molar-refractivity contribution in [1.29, 1.82) is 0 Å². The van der Waals surface area contributed by atoms with Crippen LogP contribution >= 0.6 is 12.2 Å². The van der Waals surface area contributed by atoms with Crippen LogP contribution in [0.5, 0.6) is 0 Å². The Morgan fingerprint density at radius 3 is 2.41 bits per heavy atom. The number of nitrogens with zero attached hydrogens (tertiary/aromatic N) is 2. The molecule has 0 bridgehead atoms. The highest BCUT2D eigenvalue weighted by molar-refractivity contribution is 7.71. The van der Waals surface area contributed by atoms with E-state index in [9.17, 15) is 0 Å². The van der Waals surface area contributed by atoms with Gasteiger partial charge in [0, 0.05) is 24.3 Å². The van der Waals surface area contributed by atoms with Gasteiger partial charge in [0.05, 0.1) is 0 Å². The molecule has 0 spiro atoms. The first kappa shape index (κ1) is 12.6. The van der Waals surface area contributed by atoms with E-state index < -0.39 is 0 Å².